The van der Waals surface area contributed by atoms with E-state index in [2.05, 4.69) is 38.4 Å². The SMILES string of the molecule is Cn1cc(C2=CC(c3ccccc3)=CCC2=S)c2ccc(S(=O)(=O)Nc3ncns3)cc21. The number of fused-ring (bicyclic) bond motifs is 1. The highest BCUT2D eigenvalue weighted by Crippen LogP contribution is 2.35. The quantitative estimate of drug-likeness (QED) is 0.405. The number of aromatic nitrogens is 3. The van der Waals surface area contributed by atoms with Crippen LogP contribution in [0, 0.1) is 0 Å². The molecule has 4 aromatic rings. The molecule has 32 heavy (non-hydrogen) atoms. The van der Waals surface area contributed by atoms with Gasteiger partial charge in [-0.1, -0.05) is 54.7 Å². The van der Waals surface area contributed by atoms with Gasteiger partial charge in [-0.05, 0) is 34.9 Å². The second-order valence-corrected chi connectivity index (χ2v) is 10.4. The average Bonchev–Trinajstić information content (AvgIpc) is 3.42. The van der Waals surface area contributed by atoms with Crippen molar-refractivity contribution in [3.63, 3.8) is 0 Å². The molecule has 6 nitrogen and oxygen atoms in total. The molecule has 0 saturated heterocycles. The van der Waals surface area contributed by atoms with Gasteiger partial charge in [0.15, 0.2) is 0 Å². The molecule has 0 radical (unpaired) electrons. The van der Waals surface area contributed by atoms with E-state index >= 15 is 0 Å². The van der Waals surface area contributed by atoms with Crippen LogP contribution in [0.2, 0.25) is 0 Å². The Morgan fingerprint density at radius 3 is 2.72 bits per heavy atom. The Hall–Kier alpha value is -3.14. The maximum atomic E-state index is 12.8. The summed E-state index contributed by atoms with van der Waals surface area (Å²) >= 11 is 6.68. The molecule has 2 aromatic carbocycles. The minimum atomic E-state index is -3.77. The topological polar surface area (TPSA) is 76.9 Å². The second kappa shape index (κ2) is 8.09. The van der Waals surface area contributed by atoms with Gasteiger partial charge in [0.05, 0.1) is 4.90 Å². The van der Waals surface area contributed by atoms with Crippen LogP contribution in [0.4, 0.5) is 5.13 Å². The zero-order chi connectivity index (χ0) is 22.3. The Kier molecular flexibility index (Phi) is 5.24. The molecule has 0 amide bonds. The predicted molar refractivity (Wildman–Crippen MR) is 133 cm³/mol. The lowest BCUT2D eigenvalue weighted by molar-refractivity contribution is 0.601. The smallest absolute Gasteiger partial charge is 0.263 e. The van der Waals surface area contributed by atoms with Crippen molar-refractivity contribution in [2.75, 3.05) is 4.72 Å². The van der Waals surface area contributed by atoms with Crippen molar-refractivity contribution in [2.45, 2.75) is 11.3 Å². The van der Waals surface area contributed by atoms with Crippen LogP contribution < -0.4 is 4.72 Å². The highest BCUT2D eigenvalue weighted by atomic mass is 32.2. The van der Waals surface area contributed by atoms with Gasteiger partial charge in [0.25, 0.3) is 10.0 Å². The number of nitrogens with one attached hydrogen (secondary N) is 1. The molecule has 0 saturated carbocycles. The van der Waals surface area contributed by atoms with E-state index in [4.69, 9.17) is 12.2 Å². The molecular formula is C23H18N4O2S3. The maximum absolute atomic E-state index is 12.8. The van der Waals surface area contributed by atoms with Crippen molar-refractivity contribution in [2.24, 2.45) is 7.05 Å². The van der Waals surface area contributed by atoms with E-state index in [1.807, 2.05) is 42.1 Å². The van der Waals surface area contributed by atoms with E-state index in [0.29, 0.717) is 6.42 Å². The standard InChI is InChI=1S/C23H18N4O2S3/c1-27-13-20(19-11-16(7-10-22(19)30)15-5-3-2-4-6-15)18-9-8-17(12-21(18)27)32(28,29)26-23-24-14-25-31-23/h2-9,11-14H,10H2,1H3,(H,24,25,26). The molecule has 160 valence electrons. The van der Waals surface area contributed by atoms with Crippen LogP contribution >= 0.6 is 23.8 Å². The summed E-state index contributed by atoms with van der Waals surface area (Å²) in [5.74, 6) is 0. The zero-order valence-corrected chi connectivity index (χ0v) is 19.5. The summed E-state index contributed by atoms with van der Waals surface area (Å²) in [5.41, 5.74) is 5.07. The number of sulfonamides is 1. The van der Waals surface area contributed by atoms with Crippen molar-refractivity contribution >= 4 is 65.8 Å². The summed E-state index contributed by atoms with van der Waals surface area (Å²) in [4.78, 5) is 4.93. The molecule has 0 aliphatic heterocycles. The number of benzene rings is 2. The molecule has 9 heteroatoms. The van der Waals surface area contributed by atoms with Gasteiger partial charge in [0.1, 0.15) is 6.33 Å². The van der Waals surface area contributed by atoms with Gasteiger partial charge in [-0.3, -0.25) is 4.72 Å². The lowest BCUT2D eigenvalue weighted by atomic mass is 9.90. The molecule has 1 N–H and O–H groups in total. The molecule has 0 atom stereocenters. The number of hydrogen-bond acceptors (Lipinski definition) is 6. The number of nitrogens with zero attached hydrogens (tertiary/aromatic N) is 3. The highest BCUT2D eigenvalue weighted by molar-refractivity contribution is 7.93. The molecule has 0 fully saturated rings. The molecule has 1 aliphatic carbocycles. The number of aryl methyl sites for hydroxylation is 1. The first-order chi connectivity index (χ1) is 15.4. The number of allylic oxidation sites excluding steroid dienone is 4. The Bertz CT molecular complexity index is 1500. The molecule has 0 bridgehead atoms. The first kappa shape index (κ1) is 20.7. The van der Waals surface area contributed by atoms with Crippen molar-refractivity contribution in [1.82, 2.24) is 13.9 Å². The molecular weight excluding hydrogens is 460 g/mol. The third-order valence-corrected chi connectivity index (χ3v) is 7.79. The van der Waals surface area contributed by atoms with Crippen molar-refractivity contribution in [3.8, 4) is 0 Å². The van der Waals surface area contributed by atoms with Gasteiger partial charge < -0.3 is 4.57 Å². The second-order valence-electron chi connectivity index (χ2n) is 7.40. The monoisotopic (exact) mass is 478 g/mol. The fourth-order valence-corrected chi connectivity index (χ4v) is 5.74. The first-order valence-electron chi connectivity index (χ1n) is 9.82. The van der Waals surface area contributed by atoms with Crippen LogP contribution in [0.5, 0.6) is 0 Å². The van der Waals surface area contributed by atoms with Crippen LogP contribution in [0.3, 0.4) is 0 Å². The van der Waals surface area contributed by atoms with E-state index in [0.717, 1.165) is 49.6 Å². The van der Waals surface area contributed by atoms with Crippen LogP contribution in [0.15, 0.2) is 78.1 Å². The van der Waals surface area contributed by atoms with Crippen LogP contribution in [0.1, 0.15) is 17.5 Å². The summed E-state index contributed by atoms with van der Waals surface area (Å²) in [5, 5.41) is 1.18. The van der Waals surface area contributed by atoms with Gasteiger partial charge in [-0.2, -0.15) is 4.37 Å². The highest BCUT2D eigenvalue weighted by Gasteiger charge is 2.21. The van der Waals surface area contributed by atoms with E-state index < -0.39 is 10.0 Å². The summed E-state index contributed by atoms with van der Waals surface area (Å²) in [6, 6.07) is 15.3. The first-order valence-corrected chi connectivity index (χ1v) is 12.5. The van der Waals surface area contributed by atoms with E-state index in [9.17, 15) is 8.42 Å². The Labute approximate surface area is 195 Å². The normalized spacial score (nSPS) is 14.3. The Morgan fingerprint density at radius 2 is 1.97 bits per heavy atom. The summed E-state index contributed by atoms with van der Waals surface area (Å²) in [6.07, 6.45) is 8.28. The average molecular weight is 479 g/mol. The minimum Gasteiger partial charge on any atom is -0.350 e. The van der Waals surface area contributed by atoms with Crippen LogP contribution in [-0.4, -0.2) is 27.2 Å². The van der Waals surface area contributed by atoms with Gasteiger partial charge in [-0.15, -0.1) is 0 Å². The van der Waals surface area contributed by atoms with Gasteiger partial charge in [-0.25, -0.2) is 13.4 Å². The molecule has 2 aromatic heterocycles. The fourth-order valence-electron chi connectivity index (χ4n) is 3.80. The minimum absolute atomic E-state index is 0.165. The number of thiocarbonyl (C=S) groups is 1. The predicted octanol–water partition coefficient (Wildman–Crippen LogP) is 5.07. The molecule has 1 aliphatic rings. The number of anilines is 1. The fraction of sp³-hybridized carbons (Fsp3) is 0.0870. The molecule has 5 rings (SSSR count). The van der Waals surface area contributed by atoms with Gasteiger partial charge >= 0.3 is 0 Å². The Morgan fingerprint density at radius 1 is 1.16 bits per heavy atom. The molecule has 2 heterocycles. The summed E-state index contributed by atoms with van der Waals surface area (Å²) in [6.45, 7) is 0. The lowest BCUT2D eigenvalue weighted by Gasteiger charge is -2.15. The Balaban J connectivity index is 1.57. The van der Waals surface area contributed by atoms with Crippen LogP contribution in [-0.2, 0) is 17.1 Å². The van der Waals surface area contributed by atoms with Gasteiger partial charge in [0.2, 0.25) is 5.13 Å². The van der Waals surface area contributed by atoms with E-state index in [1.54, 1.807) is 12.1 Å². The summed E-state index contributed by atoms with van der Waals surface area (Å²) in [7, 11) is -1.86. The van der Waals surface area contributed by atoms with Crippen molar-refractivity contribution < 1.29 is 8.42 Å². The van der Waals surface area contributed by atoms with E-state index in [1.165, 1.54) is 6.33 Å². The lowest BCUT2D eigenvalue weighted by Crippen LogP contribution is -2.12. The largest absolute Gasteiger partial charge is 0.350 e. The summed E-state index contributed by atoms with van der Waals surface area (Å²) < 4.78 is 33.8. The maximum Gasteiger partial charge on any atom is 0.263 e. The van der Waals surface area contributed by atoms with Crippen molar-refractivity contribution in [3.05, 3.63) is 84.3 Å². The molecule has 0 spiro atoms. The van der Waals surface area contributed by atoms with Gasteiger partial charge in [0, 0.05) is 52.5 Å². The molecule has 0 unspecified atom stereocenters. The van der Waals surface area contributed by atoms with Crippen molar-refractivity contribution in [1.29, 1.82) is 0 Å². The number of hydrogen-bond donors (Lipinski definition) is 1. The third kappa shape index (κ3) is 3.79. The van der Waals surface area contributed by atoms with E-state index in [-0.39, 0.29) is 10.0 Å². The zero-order valence-electron chi connectivity index (χ0n) is 17.0. The third-order valence-electron chi connectivity index (χ3n) is 5.36. The van der Waals surface area contributed by atoms with Crippen LogP contribution in [0.25, 0.3) is 22.0 Å². The number of rotatable bonds is 5.